The number of hydrogen-bond donors (Lipinski definition) is 1. The highest BCUT2D eigenvalue weighted by Gasteiger charge is 2.17. The molecule has 1 aliphatic heterocycles. The highest BCUT2D eigenvalue weighted by atomic mass is 14.9. The van der Waals surface area contributed by atoms with Crippen molar-refractivity contribution in [1.29, 1.82) is 0 Å². The summed E-state index contributed by atoms with van der Waals surface area (Å²) in [6.45, 7) is 5.74. The van der Waals surface area contributed by atoms with Gasteiger partial charge in [-0.15, -0.1) is 0 Å². The van der Waals surface area contributed by atoms with Gasteiger partial charge < -0.3 is 5.32 Å². The third kappa shape index (κ3) is 2.46. The first kappa shape index (κ1) is 11.7. The van der Waals surface area contributed by atoms with Crippen LogP contribution in [0.1, 0.15) is 43.4 Å². The predicted molar refractivity (Wildman–Crippen MR) is 69.9 cm³/mol. The van der Waals surface area contributed by atoms with Crippen LogP contribution in [0.3, 0.4) is 0 Å². The number of hydrogen-bond acceptors (Lipinski definition) is 1. The summed E-state index contributed by atoms with van der Waals surface area (Å²) < 4.78 is 0. The lowest BCUT2D eigenvalue weighted by molar-refractivity contribution is 0.598. The molecule has 0 saturated carbocycles. The standard InChI is InChI=1S/C15H23N/c1-3-12-7-5-8-13(4-2)15(12)11-14-9-6-10-16-14/h5,7-8,14,16H,3-4,6,9-11H2,1-2H3. The molecule has 1 heterocycles. The zero-order valence-electron chi connectivity index (χ0n) is 10.6. The van der Waals surface area contributed by atoms with E-state index in [9.17, 15) is 0 Å². The topological polar surface area (TPSA) is 12.0 Å². The average Bonchev–Trinajstić information content (AvgIpc) is 2.82. The van der Waals surface area contributed by atoms with E-state index in [1.807, 2.05) is 0 Å². The Bertz CT molecular complexity index is 315. The maximum absolute atomic E-state index is 3.61. The Kier molecular flexibility index (Phi) is 4.00. The van der Waals surface area contributed by atoms with Gasteiger partial charge in [0.15, 0.2) is 0 Å². The van der Waals surface area contributed by atoms with Crippen molar-refractivity contribution in [3.63, 3.8) is 0 Å². The molecule has 1 aromatic carbocycles. The molecule has 1 aromatic rings. The largest absolute Gasteiger partial charge is 0.314 e. The van der Waals surface area contributed by atoms with Crippen LogP contribution in [0.15, 0.2) is 18.2 Å². The number of benzene rings is 1. The Morgan fingerprint density at radius 3 is 2.38 bits per heavy atom. The van der Waals surface area contributed by atoms with Crippen LogP contribution in [0.5, 0.6) is 0 Å². The fourth-order valence-electron chi connectivity index (χ4n) is 2.79. The molecular weight excluding hydrogens is 194 g/mol. The quantitative estimate of drug-likeness (QED) is 0.817. The highest BCUT2D eigenvalue weighted by molar-refractivity contribution is 5.36. The van der Waals surface area contributed by atoms with Crippen molar-refractivity contribution in [1.82, 2.24) is 5.32 Å². The van der Waals surface area contributed by atoms with E-state index in [2.05, 4.69) is 37.4 Å². The second-order valence-electron chi connectivity index (χ2n) is 4.76. The molecule has 1 aliphatic rings. The maximum atomic E-state index is 3.61. The predicted octanol–water partition coefficient (Wildman–Crippen LogP) is 3.11. The summed E-state index contributed by atoms with van der Waals surface area (Å²) >= 11 is 0. The first-order chi connectivity index (χ1) is 7.85. The molecule has 0 amide bonds. The molecule has 0 spiro atoms. The van der Waals surface area contributed by atoms with Gasteiger partial charge in [0.25, 0.3) is 0 Å². The van der Waals surface area contributed by atoms with Crippen molar-refractivity contribution < 1.29 is 0 Å². The summed E-state index contributed by atoms with van der Waals surface area (Å²) in [7, 11) is 0. The third-order valence-corrected chi connectivity index (χ3v) is 3.74. The van der Waals surface area contributed by atoms with Crippen LogP contribution in [0, 0.1) is 0 Å². The van der Waals surface area contributed by atoms with E-state index < -0.39 is 0 Å². The lowest BCUT2D eigenvalue weighted by Gasteiger charge is -2.17. The van der Waals surface area contributed by atoms with Crippen LogP contribution in [-0.4, -0.2) is 12.6 Å². The van der Waals surface area contributed by atoms with E-state index in [0.717, 1.165) is 18.9 Å². The fraction of sp³-hybridized carbons (Fsp3) is 0.600. The molecule has 16 heavy (non-hydrogen) atoms. The van der Waals surface area contributed by atoms with Gasteiger partial charge in [0.1, 0.15) is 0 Å². The molecule has 1 saturated heterocycles. The van der Waals surface area contributed by atoms with Gasteiger partial charge in [-0.25, -0.2) is 0 Å². The van der Waals surface area contributed by atoms with E-state index in [-0.39, 0.29) is 0 Å². The van der Waals surface area contributed by atoms with Gasteiger partial charge >= 0.3 is 0 Å². The van der Waals surface area contributed by atoms with Gasteiger partial charge in [-0.2, -0.15) is 0 Å². The maximum Gasteiger partial charge on any atom is 0.0108 e. The molecular formula is C15H23N. The van der Waals surface area contributed by atoms with Gasteiger partial charge in [-0.05, 0) is 55.3 Å². The third-order valence-electron chi connectivity index (χ3n) is 3.74. The van der Waals surface area contributed by atoms with Crippen molar-refractivity contribution >= 4 is 0 Å². The van der Waals surface area contributed by atoms with Gasteiger partial charge in [0.05, 0.1) is 0 Å². The Labute approximate surface area is 99.3 Å². The van der Waals surface area contributed by atoms with E-state index in [1.165, 1.54) is 25.8 Å². The first-order valence-corrected chi connectivity index (χ1v) is 6.68. The zero-order chi connectivity index (χ0) is 11.4. The highest BCUT2D eigenvalue weighted by Crippen LogP contribution is 2.21. The minimum atomic E-state index is 0.720. The smallest absolute Gasteiger partial charge is 0.0108 e. The van der Waals surface area contributed by atoms with Crippen LogP contribution < -0.4 is 5.32 Å². The molecule has 1 atom stereocenters. The summed E-state index contributed by atoms with van der Waals surface area (Å²) in [5.74, 6) is 0. The molecule has 0 aromatic heterocycles. The van der Waals surface area contributed by atoms with Crippen molar-refractivity contribution in [2.45, 2.75) is 52.0 Å². The van der Waals surface area contributed by atoms with E-state index in [0.29, 0.717) is 0 Å². The van der Waals surface area contributed by atoms with E-state index in [1.54, 1.807) is 16.7 Å². The second kappa shape index (κ2) is 5.49. The molecule has 1 heteroatoms. The van der Waals surface area contributed by atoms with Gasteiger partial charge in [-0.1, -0.05) is 32.0 Å². The molecule has 88 valence electrons. The molecule has 0 bridgehead atoms. The van der Waals surface area contributed by atoms with Crippen molar-refractivity contribution in [2.24, 2.45) is 0 Å². The van der Waals surface area contributed by atoms with Gasteiger partial charge in [0, 0.05) is 6.04 Å². The number of aryl methyl sites for hydroxylation is 2. The first-order valence-electron chi connectivity index (χ1n) is 6.68. The minimum absolute atomic E-state index is 0.720. The Morgan fingerprint density at radius 2 is 1.88 bits per heavy atom. The summed E-state index contributed by atoms with van der Waals surface area (Å²) in [6.07, 6.45) is 6.25. The SMILES string of the molecule is CCc1cccc(CC)c1CC1CCCN1. The lowest BCUT2D eigenvalue weighted by atomic mass is 9.92. The second-order valence-corrected chi connectivity index (χ2v) is 4.76. The summed E-state index contributed by atoms with van der Waals surface area (Å²) in [5, 5.41) is 3.61. The molecule has 1 N–H and O–H groups in total. The molecule has 0 aliphatic carbocycles. The number of nitrogens with one attached hydrogen (secondary N) is 1. The normalized spacial score (nSPS) is 20.2. The van der Waals surface area contributed by atoms with Crippen LogP contribution in [-0.2, 0) is 19.3 Å². The molecule has 1 unspecified atom stereocenters. The molecule has 0 radical (unpaired) electrons. The summed E-state index contributed by atoms with van der Waals surface area (Å²) in [5.41, 5.74) is 4.72. The summed E-state index contributed by atoms with van der Waals surface area (Å²) in [4.78, 5) is 0. The van der Waals surface area contributed by atoms with Crippen molar-refractivity contribution in [3.8, 4) is 0 Å². The van der Waals surface area contributed by atoms with Crippen LogP contribution in [0.25, 0.3) is 0 Å². The zero-order valence-corrected chi connectivity index (χ0v) is 10.6. The molecule has 2 rings (SSSR count). The monoisotopic (exact) mass is 217 g/mol. The van der Waals surface area contributed by atoms with Crippen LogP contribution >= 0.6 is 0 Å². The Balaban J connectivity index is 2.21. The average molecular weight is 217 g/mol. The molecule has 1 fully saturated rings. The summed E-state index contributed by atoms with van der Waals surface area (Å²) in [6, 6.07) is 7.52. The van der Waals surface area contributed by atoms with Gasteiger partial charge in [0.2, 0.25) is 0 Å². The molecule has 1 nitrogen and oxygen atoms in total. The van der Waals surface area contributed by atoms with E-state index in [4.69, 9.17) is 0 Å². The van der Waals surface area contributed by atoms with Crippen molar-refractivity contribution in [2.75, 3.05) is 6.54 Å². The van der Waals surface area contributed by atoms with Crippen molar-refractivity contribution in [3.05, 3.63) is 34.9 Å². The van der Waals surface area contributed by atoms with Crippen LogP contribution in [0.4, 0.5) is 0 Å². The minimum Gasteiger partial charge on any atom is -0.314 e. The number of rotatable bonds is 4. The lowest BCUT2D eigenvalue weighted by Crippen LogP contribution is -2.24. The van der Waals surface area contributed by atoms with Crippen LogP contribution in [0.2, 0.25) is 0 Å². The Morgan fingerprint density at radius 1 is 1.19 bits per heavy atom. The van der Waals surface area contributed by atoms with E-state index >= 15 is 0 Å². The Hall–Kier alpha value is -0.820. The fourth-order valence-corrected chi connectivity index (χ4v) is 2.79. The van der Waals surface area contributed by atoms with Gasteiger partial charge in [-0.3, -0.25) is 0 Å².